The fourth-order valence-corrected chi connectivity index (χ4v) is 5.42. The quantitative estimate of drug-likeness (QED) is 0.434. The van der Waals surface area contributed by atoms with Crippen LogP contribution in [0.1, 0.15) is 27.7 Å². The summed E-state index contributed by atoms with van der Waals surface area (Å²) in [5.41, 5.74) is 1.86. The number of thiazole rings is 1. The average molecular weight is 458 g/mol. The van der Waals surface area contributed by atoms with Gasteiger partial charge < -0.3 is 14.5 Å². The van der Waals surface area contributed by atoms with Gasteiger partial charge >= 0.3 is 0 Å². The van der Waals surface area contributed by atoms with Gasteiger partial charge in [0.1, 0.15) is 5.69 Å². The predicted octanol–water partition coefficient (Wildman–Crippen LogP) is 5.54. The number of hydrogen-bond acceptors (Lipinski definition) is 10. The molecule has 1 fully saturated rings. The van der Waals surface area contributed by atoms with Gasteiger partial charge in [-0.1, -0.05) is 53.0 Å². The van der Waals surface area contributed by atoms with Crippen molar-refractivity contribution < 1.29 is 4.74 Å². The zero-order chi connectivity index (χ0) is 21.8. The molecule has 0 amide bonds. The molecule has 0 unspecified atom stereocenters. The largest absolute Gasteiger partial charge is 0.378 e. The highest BCUT2D eigenvalue weighted by molar-refractivity contribution is 7.20. The first kappa shape index (κ1) is 21.8. The molecule has 0 bridgehead atoms. The van der Waals surface area contributed by atoms with E-state index in [-0.39, 0.29) is 0 Å². The highest BCUT2D eigenvalue weighted by atomic mass is 32.1. The Morgan fingerprint density at radius 2 is 1.68 bits per heavy atom. The fraction of sp³-hybridized carbons (Fsp3) is 0.476. The Kier molecular flexibility index (Phi) is 6.89. The van der Waals surface area contributed by atoms with Crippen molar-refractivity contribution in [1.82, 2.24) is 15.2 Å². The van der Waals surface area contributed by atoms with Gasteiger partial charge in [0.2, 0.25) is 5.13 Å². The van der Waals surface area contributed by atoms with E-state index in [4.69, 9.17) is 9.72 Å². The highest BCUT2D eigenvalue weighted by Crippen LogP contribution is 2.41. The Bertz CT molecular complexity index is 1000. The highest BCUT2D eigenvalue weighted by Gasteiger charge is 2.21. The van der Waals surface area contributed by atoms with Crippen LogP contribution in [0.25, 0.3) is 11.3 Å². The normalized spacial score (nSPS) is 14.8. The average Bonchev–Trinajstić information content (AvgIpc) is 3.40. The molecule has 3 heterocycles. The van der Waals surface area contributed by atoms with E-state index in [9.17, 15) is 0 Å². The molecule has 0 radical (unpaired) electrons. The molecule has 8 nitrogen and oxygen atoms in total. The summed E-state index contributed by atoms with van der Waals surface area (Å²) < 4.78 is 5.48. The molecule has 1 saturated heterocycles. The lowest BCUT2D eigenvalue weighted by atomic mass is 10.2. The molecular formula is C21H27N7OS2. The van der Waals surface area contributed by atoms with Crippen LogP contribution in [0.2, 0.25) is 0 Å². The Hall–Kier alpha value is -2.43. The van der Waals surface area contributed by atoms with Gasteiger partial charge in [0.25, 0.3) is 5.13 Å². The molecule has 0 spiro atoms. The summed E-state index contributed by atoms with van der Waals surface area (Å²) in [7, 11) is 0. The number of azo groups is 1. The van der Waals surface area contributed by atoms with Crippen molar-refractivity contribution in [2.24, 2.45) is 10.2 Å². The maximum atomic E-state index is 5.48. The van der Waals surface area contributed by atoms with Crippen molar-refractivity contribution in [2.45, 2.75) is 39.8 Å². The van der Waals surface area contributed by atoms with E-state index in [2.05, 4.69) is 57.9 Å². The van der Waals surface area contributed by atoms with Crippen LogP contribution in [0.4, 0.5) is 20.4 Å². The maximum absolute atomic E-state index is 5.48. The van der Waals surface area contributed by atoms with Crippen molar-refractivity contribution in [3.05, 3.63) is 30.3 Å². The number of nitrogens with zero attached hydrogens (tertiary/aromatic N) is 7. The Morgan fingerprint density at radius 1 is 0.968 bits per heavy atom. The second-order valence-electron chi connectivity index (χ2n) is 7.78. The van der Waals surface area contributed by atoms with E-state index in [1.807, 2.05) is 30.3 Å². The molecule has 1 aliphatic heterocycles. The first-order chi connectivity index (χ1) is 15.0. The number of hydrogen-bond donors (Lipinski definition) is 0. The molecular weight excluding hydrogens is 430 g/mol. The van der Waals surface area contributed by atoms with E-state index in [1.165, 1.54) is 11.3 Å². The molecule has 0 aliphatic carbocycles. The molecule has 164 valence electrons. The van der Waals surface area contributed by atoms with Crippen LogP contribution in [0.3, 0.4) is 0 Å². The first-order valence-electron chi connectivity index (χ1n) is 10.5. The van der Waals surface area contributed by atoms with Gasteiger partial charge in [-0.2, -0.15) is 0 Å². The van der Waals surface area contributed by atoms with Crippen LogP contribution in [-0.4, -0.2) is 53.6 Å². The Balaban J connectivity index is 1.63. The SMILES string of the molecule is CC(C)N(c1nnc(/N=N/c2sc(N3CCOCC3)nc2-c2ccccc2)s1)C(C)C. The molecule has 31 heavy (non-hydrogen) atoms. The standard InChI is InChI=1S/C21H27N7OS2/c1-14(2)28(15(3)4)21-26-25-19(31-21)24-23-18-17(16-8-6-5-7-9-16)22-20(30-18)27-10-12-29-13-11-27/h5-9,14-15H,10-13H2,1-4H3/b24-23+. The van der Waals surface area contributed by atoms with Crippen molar-refractivity contribution in [3.8, 4) is 11.3 Å². The summed E-state index contributed by atoms with van der Waals surface area (Å²) in [6.45, 7) is 11.7. The minimum Gasteiger partial charge on any atom is -0.378 e. The molecule has 1 aliphatic rings. The Labute approximate surface area is 190 Å². The lowest BCUT2D eigenvalue weighted by molar-refractivity contribution is 0.122. The van der Waals surface area contributed by atoms with Crippen molar-refractivity contribution >= 4 is 43.1 Å². The first-order valence-corrected chi connectivity index (χ1v) is 12.1. The van der Waals surface area contributed by atoms with Crippen LogP contribution in [0.5, 0.6) is 0 Å². The van der Waals surface area contributed by atoms with Crippen LogP contribution >= 0.6 is 22.7 Å². The van der Waals surface area contributed by atoms with Crippen LogP contribution < -0.4 is 9.80 Å². The smallest absolute Gasteiger partial charge is 0.253 e. The molecule has 1 aromatic carbocycles. The number of aromatic nitrogens is 3. The van der Waals surface area contributed by atoms with Gasteiger partial charge in [-0.05, 0) is 27.7 Å². The van der Waals surface area contributed by atoms with Gasteiger partial charge in [0.15, 0.2) is 10.1 Å². The van der Waals surface area contributed by atoms with E-state index in [1.54, 1.807) is 11.3 Å². The topological polar surface area (TPSA) is 79.1 Å². The minimum atomic E-state index is 0.333. The van der Waals surface area contributed by atoms with Gasteiger partial charge in [0.05, 0.1) is 13.2 Å². The number of rotatable bonds is 7. The van der Waals surface area contributed by atoms with Crippen LogP contribution in [-0.2, 0) is 4.74 Å². The lowest BCUT2D eigenvalue weighted by Crippen LogP contribution is -2.36. The zero-order valence-corrected chi connectivity index (χ0v) is 19.9. The third kappa shape index (κ3) is 5.08. The van der Waals surface area contributed by atoms with E-state index in [0.717, 1.165) is 39.6 Å². The van der Waals surface area contributed by atoms with Crippen molar-refractivity contribution in [2.75, 3.05) is 36.1 Å². The summed E-state index contributed by atoms with van der Waals surface area (Å²) in [5, 5.41) is 20.7. The van der Waals surface area contributed by atoms with Gasteiger partial charge in [-0.15, -0.1) is 20.4 Å². The van der Waals surface area contributed by atoms with Crippen molar-refractivity contribution in [3.63, 3.8) is 0 Å². The fourth-order valence-electron chi connectivity index (χ4n) is 3.52. The van der Waals surface area contributed by atoms with Gasteiger partial charge in [-0.25, -0.2) is 4.98 Å². The van der Waals surface area contributed by atoms with E-state index >= 15 is 0 Å². The Morgan fingerprint density at radius 3 is 2.35 bits per heavy atom. The minimum absolute atomic E-state index is 0.333. The second-order valence-corrected chi connectivity index (χ2v) is 9.67. The van der Waals surface area contributed by atoms with E-state index in [0.29, 0.717) is 30.4 Å². The number of morpholine rings is 1. The van der Waals surface area contributed by atoms with Gasteiger partial charge in [0, 0.05) is 30.7 Å². The number of anilines is 2. The second kappa shape index (κ2) is 9.80. The summed E-state index contributed by atoms with van der Waals surface area (Å²) in [6.07, 6.45) is 0. The molecule has 10 heteroatoms. The number of ether oxygens (including phenoxy) is 1. The maximum Gasteiger partial charge on any atom is 0.253 e. The van der Waals surface area contributed by atoms with Crippen LogP contribution in [0, 0.1) is 0 Å². The van der Waals surface area contributed by atoms with Gasteiger partial charge in [-0.3, -0.25) is 0 Å². The molecule has 4 rings (SSSR count). The summed E-state index contributed by atoms with van der Waals surface area (Å²) in [5.74, 6) is 0. The third-order valence-corrected chi connectivity index (χ3v) is 6.71. The number of benzene rings is 1. The van der Waals surface area contributed by atoms with E-state index < -0.39 is 0 Å². The summed E-state index contributed by atoms with van der Waals surface area (Å²) in [4.78, 5) is 9.36. The van der Waals surface area contributed by atoms with Crippen molar-refractivity contribution in [1.29, 1.82) is 0 Å². The zero-order valence-electron chi connectivity index (χ0n) is 18.2. The summed E-state index contributed by atoms with van der Waals surface area (Å²) >= 11 is 3.00. The molecule has 2 aromatic heterocycles. The lowest BCUT2D eigenvalue weighted by Gasteiger charge is -2.29. The van der Waals surface area contributed by atoms with Crippen LogP contribution in [0.15, 0.2) is 40.6 Å². The molecule has 0 N–H and O–H groups in total. The monoisotopic (exact) mass is 457 g/mol. The predicted molar refractivity (Wildman–Crippen MR) is 127 cm³/mol. The molecule has 3 aromatic rings. The summed E-state index contributed by atoms with van der Waals surface area (Å²) in [6, 6.07) is 10.8. The molecule has 0 atom stereocenters. The molecule has 0 saturated carbocycles. The third-order valence-electron chi connectivity index (χ3n) is 4.89.